The first-order chi connectivity index (χ1) is 21.8. The van der Waals surface area contributed by atoms with Gasteiger partial charge in [0.2, 0.25) is 0 Å². The summed E-state index contributed by atoms with van der Waals surface area (Å²) in [5.41, 5.74) is 8.15. The summed E-state index contributed by atoms with van der Waals surface area (Å²) < 4.78 is 11.6. The van der Waals surface area contributed by atoms with Crippen molar-refractivity contribution in [1.82, 2.24) is 9.97 Å². The van der Waals surface area contributed by atoms with Gasteiger partial charge in [0, 0.05) is 73.0 Å². The fraction of sp³-hybridized carbons (Fsp3) is 0.333. The summed E-state index contributed by atoms with van der Waals surface area (Å²) in [5.74, 6) is 0. The minimum Gasteiger partial charge on any atom is -0.385 e. The first-order valence-corrected chi connectivity index (χ1v) is 15.8. The van der Waals surface area contributed by atoms with E-state index in [-0.39, 0.29) is 0 Å². The van der Waals surface area contributed by atoms with Crippen molar-refractivity contribution in [2.75, 3.05) is 60.8 Å². The largest absolute Gasteiger partial charge is 0.385 e. The number of nitrogens with zero attached hydrogens (tertiary/aromatic N) is 2. The van der Waals surface area contributed by atoms with Gasteiger partial charge in [0.15, 0.2) is 0 Å². The van der Waals surface area contributed by atoms with Crippen LogP contribution < -0.4 is 21.3 Å². The second kappa shape index (κ2) is 15.4. The molecule has 8 nitrogen and oxygen atoms in total. The number of hydrogen-bond donors (Lipinski definition) is 4. The van der Waals surface area contributed by atoms with E-state index in [1.54, 1.807) is 0 Å². The van der Waals surface area contributed by atoms with E-state index in [0.717, 1.165) is 121 Å². The third kappa shape index (κ3) is 8.36. The zero-order valence-corrected chi connectivity index (χ0v) is 25.3. The molecule has 3 aromatic carbocycles. The summed E-state index contributed by atoms with van der Waals surface area (Å²) in [6.07, 6.45) is 4.00. The molecule has 0 atom stereocenters. The molecule has 0 aliphatic carbocycles. The van der Waals surface area contributed by atoms with Crippen molar-refractivity contribution in [2.24, 2.45) is 0 Å². The van der Waals surface area contributed by atoms with E-state index >= 15 is 0 Å². The Kier molecular flexibility index (Phi) is 10.4. The van der Waals surface area contributed by atoms with Gasteiger partial charge in [-0.25, -0.2) is 9.97 Å². The molecule has 228 valence electrons. The molecular weight excluding hydrogens is 548 g/mol. The highest BCUT2D eigenvalue weighted by Gasteiger charge is 2.08. The smallest absolute Gasteiger partial charge is 0.0968 e. The summed E-state index contributed by atoms with van der Waals surface area (Å²) in [6.45, 7) is 6.14. The molecule has 8 heteroatoms. The lowest BCUT2D eigenvalue weighted by Gasteiger charge is -2.12. The number of anilines is 4. The minimum absolute atomic E-state index is 0.634. The van der Waals surface area contributed by atoms with E-state index < -0.39 is 0 Å². The average Bonchev–Trinajstić information content (AvgIpc) is 3.07. The second-order valence-corrected chi connectivity index (χ2v) is 11.2. The van der Waals surface area contributed by atoms with Crippen LogP contribution in [0.2, 0.25) is 0 Å². The lowest BCUT2D eigenvalue weighted by molar-refractivity contribution is 0.102. The summed E-state index contributed by atoms with van der Waals surface area (Å²) in [6, 6.07) is 29.5. The van der Waals surface area contributed by atoms with Gasteiger partial charge < -0.3 is 30.7 Å². The highest BCUT2D eigenvalue weighted by Crippen LogP contribution is 2.24. The van der Waals surface area contributed by atoms with Crippen LogP contribution in [-0.2, 0) is 22.6 Å². The molecule has 0 radical (unpaired) electrons. The van der Waals surface area contributed by atoms with Crippen LogP contribution in [-0.4, -0.2) is 49.5 Å². The van der Waals surface area contributed by atoms with Crippen LogP contribution in [0.1, 0.15) is 37.1 Å². The Morgan fingerprint density at radius 3 is 1.20 bits per heavy atom. The fourth-order valence-electron chi connectivity index (χ4n) is 5.27. The van der Waals surface area contributed by atoms with Crippen molar-refractivity contribution in [3.8, 4) is 0 Å². The molecule has 0 spiro atoms. The van der Waals surface area contributed by atoms with Gasteiger partial charge >= 0.3 is 0 Å². The van der Waals surface area contributed by atoms with Crippen LogP contribution in [0, 0.1) is 0 Å². The van der Waals surface area contributed by atoms with Crippen LogP contribution in [0.5, 0.6) is 0 Å². The third-order valence-corrected chi connectivity index (χ3v) is 7.77. The Morgan fingerprint density at radius 2 is 0.773 bits per heavy atom. The van der Waals surface area contributed by atoms with E-state index in [0.29, 0.717) is 13.1 Å². The molecule has 6 heterocycles. The van der Waals surface area contributed by atoms with Crippen molar-refractivity contribution in [2.45, 2.75) is 38.8 Å². The molecule has 5 aromatic rings. The fourth-order valence-corrected chi connectivity index (χ4v) is 5.27. The highest BCUT2D eigenvalue weighted by atomic mass is 16.5. The van der Waals surface area contributed by atoms with Crippen molar-refractivity contribution in [3.63, 3.8) is 0 Å². The zero-order valence-electron chi connectivity index (χ0n) is 25.3. The second-order valence-electron chi connectivity index (χ2n) is 11.2. The lowest BCUT2D eigenvalue weighted by atomic mass is 10.1. The Labute approximate surface area is 259 Å². The maximum absolute atomic E-state index is 5.80. The van der Waals surface area contributed by atoms with Crippen LogP contribution >= 0.6 is 0 Å². The maximum atomic E-state index is 5.80. The number of benzene rings is 3. The molecule has 0 amide bonds. The Hall–Kier alpha value is -4.40. The van der Waals surface area contributed by atoms with Crippen LogP contribution in [0.25, 0.3) is 21.8 Å². The molecule has 2 aromatic heterocycles. The minimum atomic E-state index is 0.634. The monoisotopic (exact) mass is 590 g/mol. The van der Waals surface area contributed by atoms with Crippen molar-refractivity contribution < 1.29 is 9.47 Å². The highest BCUT2D eigenvalue weighted by molar-refractivity contribution is 6.02. The Balaban J connectivity index is 1.15. The van der Waals surface area contributed by atoms with Gasteiger partial charge in [0.05, 0.1) is 35.5 Å². The Bertz CT molecular complexity index is 1500. The molecular formula is C36H42N6O2. The first kappa shape index (κ1) is 29.7. The number of ether oxygens (including phenoxy) is 2. The van der Waals surface area contributed by atoms with Crippen molar-refractivity contribution >= 4 is 44.6 Å². The predicted octanol–water partition coefficient (Wildman–Crippen LogP) is 7.44. The normalized spacial score (nSPS) is 16.1. The van der Waals surface area contributed by atoms with Crippen LogP contribution in [0.15, 0.2) is 84.9 Å². The van der Waals surface area contributed by atoms with Gasteiger partial charge in [-0.15, -0.1) is 0 Å². The number of nitrogens with one attached hydrogen (secondary N) is 4. The lowest BCUT2D eigenvalue weighted by Crippen LogP contribution is -2.08. The van der Waals surface area contributed by atoms with E-state index in [9.17, 15) is 0 Å². The van der Waals surface area contributed by atoms with Gasteiger partial charge in [-0.1, -0.05) is 24.3 Å². The van der Waals surface area contributed by atoms with Gasteiger partial charge in [-0.3, -0.25) is 0 Å². The molecule has 4 N–H and O–H groups in total. The summed E-state index contributed by atoms with van der Waals surface area (Å²) >= 11 is 0. The number of aromatic nitrogens is 2. The molecule has 8 bridgehead atoms. The average molecular weight is 591 g/mol. The van der Waals surface area contributed by atoms with Crippen LogP contribution in [0.4, 0.5) is 22.7 Å². The molecule has 9 rings (SSSR count). The van der Waals surface area contributed by atoms with Crippen LogP contribution in [0.3, 0.4) is 0 Å². The summed E-state index contributed by atoms with van der Waals surface area (Å²) in [5, 5.41) is 16.2. The number of hydrogen-bond acceptors (Lipinski definition) is 8. The molecule has 0 fully saturated rings. The van der Waals surface area contributed by atoms with Crippen molar-refractivity contribution in [3.05, 3.63) is 96.3 Å². The summed E-state index contributed by atoms with van der Waals surface area (Å²) in [4.78, 5) is 10.1. The van der Waals surface area contributed by atoms with E-state index in [2.05, 4.69) is 106 Å². The topological polar surface area (TPSA) is 92.4 Å². The first-order valence-electron chi connectivity index (χ1n) is 15.8. The van der Waals surface area contributed by atoms with E-state index in [1.165, 1.54) is 0 Å². The number of pyridine rings is 2. The quantitative estimate of drug-likeness (QED) is 0.138. The van der Waals surface area contributed by atoms with E-state index in [4.69, 9.17) is 19.4 Å². The van der Waals surface area contributed by atoms with Gasteiger partial charge in [-0.05, 0) is 86.3 Å². The van der Waals surface area contributed by atoms with E-state index in [1.807, 2.05) is 0 Å². The molecule has 0 saturated carbocycles. The Morgan fingerprint density at radius 1 is 0.409 bits per heavy atom. The molecule has 4 aliphatic heterocycles. The van der Waals surface area contributed by atoms with Gasteiger partial charge in [-0.2, -0.15) is 0 Å². The summed E-state index contributed by atoms with van der Waals surface area (Å²) in [7, 11) is 0. The van der Waals surface area contributed by atoms with Gasteiger partial charge in [0.1, 0.15) is 0 Å². The predicted molar refractivity (Wildman–Crippen MR) is 182 cm³/mol. The van der Waals surface area contributed by atoms with Crippen molar-refractivity contribution in [1.29, 1.82) is 0 Å². The van der Waals surface area contributed by atoms with Gasteiger partial charge in [0.25, 0.3) is 0 Å². The SMILES string of the molecule is c1cc2ccc1NCCCOCCCCOCCCNc1ccc(cc1)NCc1ccc3ccc4ccc(nc4c3n1)CN2. The molecule has 0 saturated heterocycles. The number of rotatable bonds is 0. The standard InChI is InChI=1S/C36H42N6O2/c1-2-22-44-24-4-20-38-30-13-17-32(18-14-30)40-26-34-10-8-28-6-5-27-7-9-33(41-35(27)36(28)42-34)25-39-31-15-11-29(12-16-31)37-19-3-23-43-21-1/h5-18,37-40H,1-4,19-26H2. The molecule has 4 aliphatic rings. The third-order valence-electron chi connectivity index (χ3n) is 7.77. The molecule has 44 heavy (non-hydrogen) atoms. The zero-order chi connectivity index (χ0) is 29.8. The maximum Gasteiger partial charge on any atom is 0.0968 e. The molecule has 0 unspecified atom stereocenters.